The van der Waals surface area contributed by atoms with Crippen LogP contribution in [0, 0.1) is 11.3 Å². The van der Waals surface area contributed by atoms with Gasteiger partial charge < -0.3 is 10.2 Å². The van der Waals surface area contributed by atoms with Crippen molar-refractivity contribution >= 4 is 21.7 Å². The van der Waals surface area contributed by atoms with Crippen molar-refractivity contribution in [1.29, 1.82) is 5.26 Å². The Morgan fingerprint density at radius 2 is 1.96 bits per heavy atom. The van der Waals surface area contributed by atoms with E-state index in [1.54, 1.807) is 23.1 Å². The molecule has 0 atom stereocenters. The molecule has 0 aliphatic rings. The minimum Gasteiger partial charge on any atom is -0.369 e. The molecule has 24 heavy (non-hydrogen) atoms. The number of hydrogen-bond acceptors (Lipinski definition) is 5. The summed E-state index contributed by atoms with van der Waals surface area (Å²) in [7, 11) is -4.38. The molecule has 8 heteroatoms. The second-order valence-electron chi connectivity index (χ2n) is 4.64. The van der Waals surface area contributed by atoms with Crippen molar-refractivity contribution in [2.24, 2.45) is 0 Å². The molecule has 0 aromatic heterocycles. The molecule has 0 fully saturated rings. The Kier molecular flexibility index (Phi) is 6.92. The van der Waals surface area contributed by atoms with E-state index in [-0.39, 0.29) is 16.2 Å². The number of carbonyl (C=O) groups is 1. The van der Waals surface area contributed by atoms with Gasteiger partial charge in [-0.2, -0.15) is 13.7 Å². The van der Waals surface area contributed by atoms with Gasteiger partial charge in [-0.1, -0.05) is 18.2 Å². The van der Waals surface area contributed by atoms with E-state index in [1.807, 2.05) is 0 Å². The van der Waals surface area contributed by atoms with Crippen LogP contribution >= 0.6 is 0 Å². The fourth-order valence-corrected chi connectivity index (χ4v) is 2.29. The maximum atomic E-state index is 12.2. The first kappa shape index (κ1) is 19.2. The molecule has 7 nitrogen and oxygen atoms in total. The highest BCUT2D eigenvalue weighted by Crippen LogP contribution is 2.16. The van der Waals surface area contributed by atoms with Crippen LogP contribution in [0.25, 0.3) is 0 Å². The van der Waals surface area contributed by atoms with Gasteiger partial charge >= 0.3 is 0 Å². The van der Waals surface area contributed by atoms with Crippen molar-refractivity contribution in [3.8, 4) is 6.07 Å². The van der Waals surface area contributed by atoms with Crippen LogP contribution in [-0.4, -0.2) is 36.9 Å². The summed E-state index contributed by atoms with van der Waals surface area (Å²) in [5.41, 5.74) is -0.0359. The molecule has 1 rings (SSSR count). The molecule has 0 saturated carbocycles. The smallest absolute Gasteiger partial charge is 0.294 e. The third kappa shape index (κ3) is 5.72. The van der Waals surface area contributed by atoms with E-state index in [9.17, 15) is 13.2 Å². The van der Waals surface area contributed by atoms with Crippen LogP contribution < -0.4 is 5.32 Å². The molecule has 0 spiro atoms. The Hall–Kier alpha value is -2.89. The SMILES string of the molecule is C=CCN(/C=C(/C#N)C(=O)Nc1cccc(S(=O)(=O)O)c1)CC=C. The number of nitrogens with one attached hydrogen (secondary N) is 1. The summed E-state index contributed by atoms with van der Waals surface area (Å²) in [5.74, 6) is -0.705. The average Bonchev–Trinajstić information content (AvgIpc) is 2.52. The van der Waals surface area contributed by atoms with Crippen molar-refractivity contribution in [3.63, 3.8) is 0 Å². The molecule has 1 aromatic carbocycles. The van der Waals surface area contributed by atoms with Crippen LogP contribution in [0.15, 0.2) is 66.2 Å². The Balaban J connectivity index is 3.01. The maximum Gasteiger partial charge on any atom is 0.294 e. The zero-order chi connectivity index (χ0) is 18.2. The lowest BCUT2D eigenvalue weighted by Gasteiger charge is -2.16. The van der Waals surface area contributed by atoms with Gasteiger partial charge in [0.15, 0.2) is 0 Å². The largest absolute Gasteiger partial charge is 0.369 e. The van der Waals surface area contributed by atoms with Crippen LogP contribution in [0.4, 0.5) is 5.69 Å². The molecule has 0 radical (unpaired) electrons. The molecule has 0 saturated heterocycles. The van der Waals surface area contributed by atoms with Crippen LogP contribution in [0.2, 0.25) is 0 Å². The topological polar surface area (TPSA) is 111 Å². The highest BCUT2D eigenvalue weighted by Gasteiger charge is 2.14. The second kappa shape index (κ2) is 8.67. The van der Waals surface area contributed by atoms with E-state index in [2.05, 4.69) is 18.5 Å². The summed E-state index contributed by atoms with van der Waals surface area (Å²) in [4.78, 5) is 13.5. The molecule has 0 aliphatic carbocycles. The summed E-state index contributed by atoms with van der Waals surface area (Å²) < 4.78 is 31.2. The summed E-state index contributed by atoms with van der Waals surface area (Å²) in [6, 6.07) is 6.85. The third-order valence-corrected chi connectivity index (χ3v) is 3.64. The van der Waals surface area contributed by atoms with E-state index >= 15 is 0 Å². The van der Waals surface area contributed by atoms with Crippen molar-refractivity contribution in [2.45, 2.75) is 4.90 Å². The highest BCUT2D eigenvalue weighted by molar-refractivity contribution is 7.85. The Labute approximate surface area is 141 Å². The van der Waals surface area contributed by atoms with Gasteiger partial charge in [0.05, 0.1) is 4.90 Å². The minimum absolute atomic E-state index is 0.135. The lowest BCUT2D eigenvalue weighted by molar-refractivity contribution is -0.112. The normalized spacial score (nSPS) is 11.2. The molecule has 0 heterocycles. The highest BCUT2D eigenvalue weighted by atomic mass is 32.2. The number of rotatable bonds is 8. The first-order valence-electron chi connectivity index (χ1n) is 6.78. The number of hydrogen-bond donors (Lipinski definition) is 2. The second-order valence-corrected chi connectivity index (χ2v) is 6.06. The van der Waals surface area contributed by atoms with E-state index < -0.39 is 16.0 Å². The predicted octanol–water partition coefficient (Wildman–Crippen LogP) is 1.95. The van der Waals surface area contributed by atoms with E-state index in [0.717, 1.165) is 6.07 Å². The number of nitrogens with zero attached hydrogens (tertiary/aromatic N) is 2. The third-order valence-electron chi connectivity index (χ3n) is 2.79. The summed E-state index contributed by atoms with van der Waals surface area (Å²) >= 11 is 0. The van der Waals surface area contributed by atoms with Gasteiger partial charge in [-0.15, -0.1) is 13.2 Å². The minimum atomic E-state index is -4.38. The van der Waals surface area contributed by atoms with Crippen LogP contribution in [0.5, 0.6) is 0 Å². The van der Waals surface area contributed by atoms with Gasteiger partial charge in [-0.05, 0) is 18.2 Å². The Bertz CT molecular complexity index is 797. The zero-order valence-electron chi connectivity index (χ0n) is 12.8. The number of nitriles is 1. The molecular formula is C16H17N3O4S. The summed E-state index contributed by atoms with van der Waals surface area (Å²) in [5, 5.41) is 11.6. The Morgan fingerprint density at radius 3 is 2.46 bits per heavy atom. The van der Waals surface area contributed by atoms with E-state index in [4.69, 9.17) is 9.81 Å². The summed E-state index contributed by atoms with van der Waals surface area (Å²) in [6.07, 6.45) is 4.59. The van der Waals surface area contributed by atoms with Crippen molar-refractivity contribution < 1.29 is 17.8 Å². The fourth-order valence-electron chi connectivity index (χ4n) is 1.77. The van der Waals surface area contributed by atoms with Crippen molar-refractivity contribution in [3.05, 3.63) is 61.3 Å². The van der Waals surface area contributed by atoms with Crippen molar-refractivity contribution in [1.82, 2.24) is 4.90 Å². The zero-order valence-corrected chi connectivity index (χ0v) is 13.7. The van der Waals surface area contributed by atoms with E-state index in [0.29, 0.717) is 13.1 Å². The monoisotopic (exact) mass is 347 g/mol. The van der Waals surface area contributed by atoms with Gasteiger partial charge in [0.1, 0.15) is 11.6 Å². The van der Waals surface area contributed by atoms with Gasteiger partial charge in [-0.25, -0.2) is 0 Å². The Morgan fingerprint density at radius 1 is 1.33 bits per heavy atom. The van der Waals surface area contributed by atoms with Crippen LogP contribution in [-0.2, 0) is 14.9 Å². The van der Waals surface area contributed by atoms with E-state index in [1.165, 1.54) is 24.4 Å². The number of carbonyl (C=O) groups excluding carboxylic acids is 1. The molecule has 1 amide bonds. The molecule has 126 valence electrons. The lowest BCUT2D eigenvalue weighted by atomic mass is 10.2. The molecule has 0 unspecified atom stereocenters. The molecule has 1 aromatic rings. The standard InChI is InChI=1S/C16H17N3O4S/c1-3-8-19(9-4-2)12-13(11-17)16(20)18-14-6-5-7-15(10-14)24(21,22)23/h3-7,10,12H,1-2,8-9H2,(H,18,20)(H,21,22,23)/b13-12-. The van der Waals surface area contributed by atoms with Gasteiger partial charge in [0, 0.05) is 25.0 Å². The van der Waals surface area contributed by atoms with Crippen LogP contribution in [0.3, 0.4) is 0 Å². The quantitative estimate of drug-likeness (QED) is 0.322. The maximum absolute atomic E-state index is 12.2. The van der Waals surface area contributed by atoms with Gasteiger partial charge in [-0.3, -0.25) is 9.35 Å². The first-order chi connectivity index (χ1) is 11.3. The van der Waals surface area contributed by atoms with Crippen LogP contribution in [0.1, 0.15) is 0 Å². The lowest BCUT2D eigenvalue weighted by Crippen LogP contribution is -2.21. The number of anilines is 1. The fraction of sp³-hybridized carbons (Fsp3) is 0.125. The van der Waals surface area contributed by atoms with Gasteiger partial charge in [0.2, 0.25) is 0 Å². The first-order valence-corrected chi connectivity index (χ1v) is 8.22. The predicted molar refractivity (Wildman–Crippen MR) is 90.5 cm³/mol. The molecule has 0 bridgehead atoms. The number of benzene rings is 1. The molecular weight excluding hydrogens is 330 g/mol. The molecule has 2 N–H and O–H groups in total. The summed E-state index contributed by atoms with van der Waals surface area (Å²) in [6.45, 7) is 8.02. The van der Waals surface area contributed by atoms with Gasteiger partial charge in [0.25, 0.3) is 16.0 Å². The van der Waals surface area contributed by atoms with Crippen molar-refractivity contribution in [2.75, 3.05) is 18.4 Å². The number of amides is 1. The molecule has 0 aliphatic heterocycles. The average molecular weight is 347 g/mol.